The van der Waals surface area contributed by atoms with Crippen LogP contribution in [0.25, 0.3) is 10.9 Å². The largest absolute Gasteiger partial charge is 0.508 e. The first kappa shape index (κ1) is 30.1. The number of carboxylic acid groups (broad SMARTS) is 1. The Morgan fingerprint density at radius 2 is 1.67 bits per heavy atom. The molecule has 0 saturated carbocycles. The first-order valence-electron chi connectivity index (χ1n) is 13.5. The van der Waals surface area contributed by atoms with E-state index < -0.39 is 60.2 Å². The standard InChI is InChI=1S/C29H34N6O7/c30-20(14-25(31)37)26(38)33-22(13-17-15-32-21-5-2-1-4-19(17)21)27(39)34-23(12-16-7-9-18(36)10-8-16)28(40)35-11-3-6-24(35)29(41)42/h1-2,4-5,7-10,15,20,22-24,32,36H,3,6,11-14,30H2,(H2,31,37)(H,33,38)(H,34,39)(H,41,42). The normalized spacial score (nSPS) is 16.9. The number of carbonyl (C=O) groups is 5. The molecule has 0 aliphatic carbocycles. The van der Waals surface area contributed by atoms with Crippen LogP contribution in [0.3, 0.4) is 0 Å². The lowest BCUT2D eigenvalue weighted by atomic mass is 10.0. The third-order valence-corrected chi connectivity index (χ3v) is 7.30. The number of aliphatic carboxylic acids is 1. The predicted octanol–water partition coefficient (Wildman–Crippen LogP) is -0.0934. The molecule has 4 rings (SSSR count). The number of carbonyl (C=O) groups excluding carboxylic acids is 4. The van der Waals surface area contributed by atoms with Gasteiger partial charge in [0.15, 0.2) is 0 Å². The van der Waals surface area contributed by atoms with Gasteiger partial charge in [-0.05, 0) is 42.2 Å². The average Bonchev–Trinajstić information content (AvgIpc) is 3.60. The first-order chi connectivity index (χ1) is 20.0. The van der Waals surface area contributed by atoms with Crippen LogP contribution in [-0.2, 0) is 36.8 Å². The summed E-state index contributed by atoms with van der Waals surface area (Å²) >= 11 is 0. The van der Waals surface area contributed by atoms with Crippen molar-refractivity contribution in [2.75, 3.05) is 6.54 Å². The number of hydrogen-bond donors (Lipinski definition) is 7. The van der Waals surface area contributed by atoms with Gasteiger partial charge >= 0.3 is 5.97 Å². The molecule has 3 aromatic rings. The van der Waals surface area contributed by atoms with Crippen LogP contribution in [0.5, 0.6) is 5.75 Å². The molecule has 4 atom stereocenters. The number of rotatable bonds is 12. The van der Waals surface area contributed by atoms with Gasteiger partial charge in [0.25, 0.3) is 0 Å². The molecule has 1 aliphatic heterocycles. The third-order valence-electron chi connectivity index (χ3n) is 7.30. The molecule has 0 bridgehead atoms. The number of primary amides is 1. The zero-order chi connectivity index (χ0) is 30.4. The second kappa shape index (κ2) is 13.2. The van der Waals surface area contributed by atoms with E-state index in [0.29, 0.717) is 17.5 Å². The Hall–Kier alpha value is -4.91. The van der Waals surface area contributed by atoms with Crippen molar-refractivity contribution >= 4 is 40.5 Å². The van der Waals surface area contributed by atoms with Gasteiger partial charge in [0.05, 0.1) is 12.5 Å². The topological polar surface area (TPSA) is 221 Å². The van der Waals surface area contributed by atoms with Gasteiger partial charge in [-0.3, -0.25) is 19.2 Å². The minimum absolute atomic E-state index is 0.00261. The van der Waals surface area contributed by atoms with Crippen LogP contribution in [0.2, 0.25) is 0 Å². The summed E-state index contributed by atoms with van der Waals surface area (Å²) in [4.78, 5) is 67.8. The van der Waals surface area contributed by atoms with Crippen molar-refractivity contribution in [3.8, 4) is 5.75 Å². The summed E-state index contributed by atoms with van der Waals surface area (Å²) in [7, 11) is 0. The van der Waals surface area contributed by atoms with Crippen molar-refractivity contribution in [3.05, 3.63) is 65.9 Å². The van der Waals surface area contributed by atoms with E-state index in [1.54, 1.807) is 18.3 Å². The Bertz CT molecular complexity index is 1470. The van der Waals surface area contributed by atoms with Crippen LogP contribution in [-0.4, -0.2) is 80.4 Å². The van der Waals surface area contributed by atoms with Crippen LogP contribution >= 0.6 is 0 Å². The first-order valence-corrected chi connectivity index (χ1v) is 13.5. The number of hydrogen-bond acceptors (Lipinski definition) is 7. The molecular weight excluding hydrogens is 544 g/mol. The maximum atomic E-state index is 13.8. The number of benzene rings is 2. The number of H-pyrrole nitrogens is 1. The van der Waals surface area contributed by atoms with Gasteiger partial charge in [-0.25, -0.2) is 4.79 Å². The summed E-state index contributed by atoms with van der Waals surface area (Å²) in [5.74, 6) is -3.96. The highest BCUT2D eigenvalue weighted by molar-refractivity contribution is 5.96. The number of likely N-dealkylation sites (tertiary alicyclic amines) is 1. The number of amides is 4. The maximum absolute atomic E-state index is 13.8. The molecular formula is C29H34N6O7. The Kier molecular flexibility index (Phi) is 9.42. The number of para-hydroxylation sites is 1. The quantitative estimate of drug-likeness (QED) is 0.153. The summed E-state index contributed by atoms with van der Waals surface area (Å²) in [6, 6.07) is 8.75. The maximum Gasteiger partial charge on any atom is 0.326 e. The second-order valence-electron chi connectivity index (χ2n) is 10.4. The minimum Gasteiger partial charge on any atom is -0.508 e. The van der Waals surface area contributed by atoms with E-state index in [9.17, 15) is 34.2 Å². The number of aromatic hydroxyl groups is 1. The molecule has 13 heteroatoms. The highest BCUT2D eigenvalue weighted by Crippen LogP contribution is 2.22. The van der Waals surface area contributed by atoms with Gasteiger partial charge in [-0.2, -0.15) is 0 Å². The Balaban J connectivity index is 1.62. The molecule has 222 valence electrons. The van der Waals surface area contributed by atoms with Crippen molar-refractivity contribution in [1.29, 1.82) is 0 Å². The van der Waals surface area contributed by atoms with Crippen molar-refractivity contribution in [1.82, 2.24) is 20.5 Å². The lowest BCUT2D eigenvalue weighted by Gasteiger charge is -2.29. The van der Waals surface area contributed by atoms with Crippen LogP contribution < -0.4 is 22.1 Å². The molecule has 2 heterocycles. The fraction of sp³-hybridized carbons (Fsp3) is 0.345. The number of nitrogens with two attached hydrogens (primary N) is 2. The van der Waals surface area contributed by atoms with Crippen LogP contribution in [0.1, 0.15) is 30.4 Å². The van der Waals surface area contributed by atoms with Crippen molar-refractivity contribution in [2.45, 2.75) is 56.3 Å². The molecule has 2 aromatic carbocycles. The molecule has 1 aromatic heterocycles. The molecule has 0 spiro atoms. The fourth-order valence-electron chi connectivity index (χ4n) is 5.15. The summed E-state index contributed by atoms with van der Waals surface area (Å²) in [6.45, 7) is 0.217. The Labute approximate surface area is 241 Å². The van der Waals surface area contributed by atoms with E-state index in [0.717, 1.165) is 10.9 Å². The van der Waals surface area contributed by atoms with E-state index in [1.165, 1.54) is 17.0 Å². The van der Waals surface area contributed by atoms with Gasteiger partial charge in [0.2, 0.25) is 23.6 Å². The Morgan fingerprint density at radius 1 is 0.976 bits per heavy atom. The van der Waals surface area contributed by atoms with E-state index in [2.05, 4.69) is 15.6 Å². The highest BCUT2D eigenvalue weighted by atomic mass is 16.4. The number of phenols is 1. The van der Waals surface area contributed by atoms with Crippen molar-refractivity contribution in [3.63, 3.8) is 0 Å². The number of nitrogens with zero attached hydrogens (tertiary/aromatic N) is 1. The molecule has 4 amide bonds. The van der Waals surface area contributed by atoms with Gasteiger partial charge < -0.3 is 42.2 Å². The molecule has 9 N–H and O–H groups in total. The lowest BCUT2D eigenvalue weighted by molar-refractivity contribution is -0.149. The zero-order valence-corrected chi connectivity index (χ0v) is 22.8. The number of phenolic OH excluding ortho intramolecular Hbond substituents is 1. The van der Waals surface area contributed by atoms with Crippen molar-refractivity contribution in [2.24, 2.45) is 11.5 Å². The van der Waals surface area contributed by atoms with Gasteiger partial charge in [-0.15, -0.1) is 0 Å². The van der Waals surface area contributed by atoms with E-state index in [-0.39, 0.29) is 31.6 Å². The lowest BCUT2D eigenvalue weighted by Crippen LogP contribution is -2.58. The molecule has 13 nitrogen and oxygen atoms in total. The van der Waals surface area contributed by atoms with E-state index in [4.69, 9.17) is 11.5 Å². The smallest absolute Gasteiger partial charge is 0.326 e. The summed E-state index contributed by atoms with van der Waals surface area (Å²) in [6.07, 6.45) is 2.09. The molecule has 42 heavy (non-hydrogen) atoms. The number of nitrogens with one attached hydrogen (secondary N) is 3. The molecule has 1 saturated heterocycles. The average molecular weight is 579 g/mol. The van der Waals surface area contributed by atoms with Gasteiger partial charge in [0.1, 0.15) is 23.9 Å². The van der Waals surface area contributed by atoms with E-state index in [1.807, 2.05) is 24.3 Å². The van der Waals surface area contributed by atoms with E-state index >= 15 is 0 Å². The second-order valence-corrected chi connectivity index (χ2v) is 10.4. The minimum atomic E-state index is -1.30. The van der Waals surface area contributed by atoms with Gasteiger partial charge in [-0.1, -0.05) is 30.3 Å². The van der Waals surface area contributed by atoms with Crippen LogP contribution in [0.4, 0.5) is 0 Å². The summed E-state index contributed by atoms with van der Waals surface area (Å²) < 4.78 is 0. The van der Waals surface area contributed by atoms with Crippen LogP contribution in [0, 0.1) is 0 Å². The monoisotopic (exact) mass is 578 g/mol. The summed E-state index contributed by atoms with van der Waals surface area (Å²) in [5.41, 5.74) is 13.2. The third kappa shape index (κ3) is 7.23. The SMILES string of the molecule is NC(=O)CC(N)C(=O)NC(Cc1c[nH]c2ccccc12)C(=O)NC(Cc1ccc(O)cc1)C(=O)N1CCCC1C(=O)O. The molecule has 0 radical (unpaired) electrons. The molecule has 1 fully saturated rings. The predicted molar refractivity (Wildman–Crippen MR) is 152 cm³/mol. The molecule has 1 aliphatic rings. The number of fused-ring (bicyclic) bond motifs is 1. The fourth-order valence-corrected chi connectivity index (χ4v) is 5.15. The number of carboxylic acids is 1. The van der Waals surface area contributed by atoms with Crippen molar-refractivity contribution < 1.29 is 34.2 Å². The summed E-state index contributed by atoms with van der Waals surface area (Å²) in [5, 5.41) is 25.4. The van der Waals surface area contributed by atoms with Gasteiger partial charge in [0, 0.05) is 36.5 Å². The number of aromatic nitrogens is 1. The molecule has 4 unspecified atom stereocenters. The van der Waals surface area contributed by atoms with Crippen LogP contribution in [0.15, 0.2) is 54.7 Å². The number of aromatic amines is 1. The zero-order valence-electron chi connectivity index (χ0n) is 22.8. The highest BCUT2D eigenvalue weighted by Gasteiger charge is 2.38. The Morgan fingerprint density at radius 3 is 2.36 bits per heavy atom.